The molecule has 2 aromatic carbocycles. The molecule has 170 valence electrons. The highest BCUT2D eigenvalue weighted by Crippen LogP contribution is 2.19. The maximum atomic E-state index is 13.1. The van der Waals surface area contributed by atoms with Crippen LogP contribution in [-0.4, -0.2) is 36.3 Å². The van der Waals surface area contributed by atoms with Crippen molar-refractivity contribution in [3.05, 3.63) is 64.4 Å². The van der Waals surface area contributed by atoms with E-state index in [9.17, 15) is 18.0 Å². The smallest absolute Gasteiger partial charge is 0.316 e. The van der Waals surface area contributed by atoms with Crippen LogP contribution in [0.15, 0.2) is 63.4 Å². The summed E-state index contributed by atoms with van der Waals surface area (Å²) in [5.41, 5.74) is 1.21. The fourth-order valence-corrected chi connectivity index (χ4v) is 4.38. The Kier molecular flexibility index (Phi) is 8.05. The van der Waals surface area contributed by atoms with Crippen molar-refractivity contribution < 1.29 is 17.9 Å². The van der Waals surface area contributed by atoms with E-state index in [4.69, 9.17) is 9.88 Å². The second-order valence-corrected chi connectivity index (χ2v) is 9.67. The molecule has 0 fully saturated rings. The highest BCUT2D eigenvalue weighted by Gasteiger charge is 2.14. The van der Waals surface area contributed by atoms with Crippen LogP contribution in [0.5, 0.6) is 0 Å². The fraction of sp³-hybridized carbons (Fsp3) is 0.318. The monoisotopic (exact) mass is 475 g/mol. The maximum absolute atomic E-state index is 13.1. The summed E-state index contributed by atoms with van der Waals surface area (Å²) in [4.78, 5) is 29.8. The van der Waals surface area contributed by atoms with Crippen LogP contribution in [0.1, 0.15) is 25.3 Å². The van der Waals surface area contributed by atoms with Gasteiger partial charge in [0.2, 0.25) is 10.0 Å². The van der Waals surface area contributed by atoms with Crippen molar-refractivity contribution in [1.29, 1.82) is 0 Å². The summed E-state index contributed by atoms with van der Waals surface area (Å²) >= 11 is 1.16. The molecule has 1 aromatic heterocycles. The molecule has 0 saturated heterocycles. The number of nitrogens with two attached hydrogens (primary N) is 1. The predicted octanol–water partition coefficient (Wildman–Crippen LogP) is 2.72. The van der Waals surface area contributed by atoms with Gasteiger partial charge in [-0.2, -0.15) is 0 Å². The number of sulfonamides is 1. The van der Waals surface area contributed by atoms with E-state index in [0.29, 0.717) is 35.6 Å². The van der Waals surface area contributed by atoms with Crippen molar-refractivity contribution >= 4 is 38.7 Å². The summed E-state index contributed by atoms with van der Waals surface area (Å²) in [6.45, 7) is 2.71. The van der Waals surface area contributed by atoms with Crippen LogP contribution in [0.4, 0.5) is 0 Å². The number of fused-ring (bicyclic) bond motifs is 1. The lowest BCUT2D eigenvalue weighted by Gasteiger charge is -2.13. The number of rotatable bonds is 10. The first-order valence-electron chi connectivity index (χ1n) is 10.2. The van der Waals surface area contributed by atoms with Crippen LogP contribution in [-0.2, 0) is 32.5 Å². The summed E-state index contributed by atoms with van der Waals surface area (Å²) in [7, 11) is -3.76. The first kappa shape index (κ1) is 24.0. The zero-order valence-electron chi connectivity index (χ0n) is 17.7. The van der Waals surface area contributed by atoms with Gasteiger partial charge in [0.05, 0.1) is 28.2 Å². The van der Waals surface area contributed by atoms with Gasteiger partial charge in [-0.3, -0.25) is 14.2 Å². The molecule has 3 rings (SSSR count). The van der Waals surface area contributed by atoms with Crippen molar-refractivity contribution in [2.45, 2.75) is 42.8 Å². The van der Waals surface area contributed by atoms with Gasteiger partial charge in [-0.1, -0.05) is 49.4 Å². The van der Waals surface area contributed by atoms with Gasteiger partial charge in [0.1, 0.15) is 0 Å². The molecule has 2 N–H and O–H groups in total. The summed E-state index contributed by atoms with van der Waals surface area (Å²) in [5.74, 6) is -0.298. The molecule has 0 aliphatic carbocycles. The number of benzene rings is 2. The fourth-order valence-electron chi connectivity index (χ4n) is 3.04. The average Bonchev–Trinajstić information content (AvgIpc) is 2.77. The van der Waals surface area contributed by atoms with Crippen LogP contribution in [0.2, 0.25) is 0 Å². The number of unbranched alkanes of at least 4 members (excludes halogenated alkanes) is 1. The van der Waals surface area contributed by atoms with Gasteiger partial charge in [0.25, 0.3) is 5.56 Å². The van der Waals surface area contributed by atoms with Crippen LogP contribution < -0.4 is 10.7 Å². The number of hydrogen-bond donors (Lipinski definition) is 1. The molecule has 0 aliphatic rings. The molecule has 3 aromatic rings. The van der Waals surface area contributed by atoms with Gasteiger partial charge in [-0.05, 0) is 42.7 Å². The van der Waals surface area contributed by atoms with Gasteiger partial charge in [0.15, 0.2) is 5.16 Å². The Morgan fingerprint density at radius 2 is 1.88 bits per heavy atom. The second kappa shape index (κ2) is 10.8. The Bertz CT molecular complexity index is 1250. The maximum Gasteiger partial charge on any atom is 0.316 e. The van der Waals surface area contributed by atoms with Gasteiger partial charge in [-0.25, -0.2) is 18.5 Å². The third-order valence-electron chi connectivity index (χ3n) is 4.78. The molecule has 0 bridgehead atoms. The van der Waals surface area contributed by atoms with E-state index in [1.807, 2.05) is 6.92 Å². The van der Waals surface area contributed by atoms with Gasteiger partial charge < -0.3 is 4.74 Å². The Hall–Kier alpha value is -2.69. The molecule has 0 saturated carbocycles. The van der Waals surface area contributed by atoms with Crippen LogP contribution in [0, 0.1) is 0 Å². The number of nitrogens with zero attached hydrogens (tertiary/aromatic N) is 2. The van der Waals surface area contributed by atoms with E-state index >= 15 is 0 Å². The summed E-state index contributed by atoms with van der Waals surface area (Å²) in [5, 5.41) is 6.06. The first-order chi connectivity index (χ1) is 15.3. The van der Waals surface area contributed by atoms with E-state index in [2.05, 4.69) is 4.98 Å². The molecule has 0 atom stereocenters. The summed E-state index contributed by atoms with van der Waals surface area (Å²) in [6.07, 6.45) is 2.21. The molecule has 0 spiro atoms. The standard InChI is InChI=1S/C22H25N3O5S2/c1-2-3-14-30-20(26)15-31-22-24-19-7-5-4-6-18(19)21(27)25(22)13-12-16-8-10-17(11-9-16)32(23,28)29/h4-11H,2-3,12-15H2,1H3,(H2,23,28,29). The largest absolute Gasteiger partial charge is 0.465 e. The number of esters is 1. The van der Waals surface area contributed by atoms with Gasteiger partial charge >= 0.3 is 5.97 Å². The van der Waals surface area contributed by atoms with Crippen molar-refractivity contribution in [2.75, 3.05) is 12.4 Å². The van der Waals surface area contributed by atoms with Crippen molar-refractivity contribution in [3.63, 3.8) is 0 Å². The topological polar surface area (TPSA) is 121 Å². The number of primary sulfonamides is 1. The van der Waals surface area contributed by atoms with E-state index in [0.717, 1.165) is 30.2 Å². The number of hydrogen-bond acceptors (Lipinski definition) is 7. The Labute approximate surface area is 190 Å². The number of aromatic nitrogens is 2. The second-order valence-electron chi connectivity index (χ2n) is 7.17. The number of carbonyl (C=O) groups is 1. The van der Waals surface area contributed by atoms with E-state index in [1.54, 1.807) is 41.0 Å². The predicted molar refractivity (Wildman–Crippen MR) is 124 cm³/mol. The molecule has 32 heavy (non-hydrogen) atoms. The lowest BCUT2D eigenvalue weighted by atomic mass is 10.1. The lowest BCUT2D eigenvalue weighted by molar-refractivity contribution is -0.140. The molecule has 0 aliphatic heterocycles. The third kappa shape index (κ3) is 6.18. The number of thioether (sulfide) groups is 1. The first-order valence-corrected chi connectivity index (χ1v) is 12.7. The van der Waals surface area contributed by atoms with Crippen molar-refractivity contribution in [2.24, 2.45) is 5.14 Å². The minimum atomic E-state index is -3.76. The number of aryl methyl sites for hydroxylation is 1. The normalized spacial score (nSPS) is 11.6. The Morgan fingerprint density at radius 3 is 2.56 bits per heavy atom. The Balaban J connectivity index is 1.82. The molecule has 0 radical (unpaired) electrons. The lowest BCUT2D eigenvalue weighted by Crippen LogP contribution is -2.25. The van der Waals surface area contributed by atoms with Gasteiger partial charge in [-0.15, -0.1) is 0 Å². The highest BCUT2D eigenvalue weighted by molar-refractivity contribution is 7.99. The van der Waals surface area contributed by atoms with E-state index in [-0.39, 0.29) is 22.2 Å². The zero-order valence-corrected chi connectivity index (χ0v) is 19.3. The minimum absolute atomic E-state index is 0.0311. The molecule has 8 nitrogen and oxygen atoms in total. The Morgan fingerprint density at radius 1 is 1.16 bits per heavy atom. The highest BCUT2D eigenvalue weighted by atomic mass is 32.2. The van der Waals surface area contributed by atoms with Crippen LogP contribution >= 0.6 is 11.8 Å². The summed E-state index contributed by atoms with van der Waals surface area (Å²) < 4.78 is 29.6. The number of para-hydroxylation sites is 1. The van der Waals surface area contributed by atoms with Gasteiger partial charge in [0, 0.05) is 6.54 Å². The van der Waals surface area contributed by atoms with E-state index in [1.165, 1.54) is 12.1 Å². The summed E-state index contributed by atoms with van der Waals surface area (Å²) in [6, 6.07) is 13.3. The minimum Gasteiger partial charge on any atom is -0.465 e. The van der Waals surface area contributed by atoms with Crippen molar-refractivity contribution in [3.8, 4) is 0 Å². The molecule has 1 heterocycles. The molecule has 10 heteroatoms. The number of carbonyl (C=O) groups excluding carboxylic acids is 1. The quantitative estimate of drug-likeness (QED) is 0.207. The zero-order chi connectivity index (χ0) is 23.1. The third-order valence-corrected chi connectivity index (χ3v) is 6.66. The van der Waals surface area contributed by atoms with Crippen LogP contribution in [0.25, 0.3) is 10.9 Å². The van der Waals surface area contributed by atoms with E-state index < -0.39 is 10.0 Å². The number of ether oxygens (including phenoxy) is 1. The molecular formula is C22H25N3O5S2. The molecule has 0 amide bonds. The van der Waals surface area contributed by atoms with Crippen LogP contribution in [0.3, 0.4) is 0 Å². The average molecular weight is 476 g/mol. The van der Waals surface area contributed by atoms with Crippen molar-refractivity contribution in [1.82, 2.24) is 9.55 Å². The SMILES string of the molecule is CCCCOC(=O)CSc1nc2ccccc2c(=O)n1CCc1ccc(S(N)(=O)=O)cc1. The molecular weight excluding hydrogens is 450 g/mol. The molecule has 0 unspecified atom stereocenters.